The number of carbonyl (C=O) groups excluding carboxylic acids is 1. The molecular formula is C12H20N6O2. The van der Waals surface area contributed by atoms with Crippen molar-refractivity contribution in [3.63, 3.8) is 0 Å². The van der Waals surface area contributed by atoms with Gasteiger partial charge in [-0.25, -0.2) is 4.98 Å². The molecule has 0 aromatic carbocycles. The van der Waals surface area contributed by atoms with E-state index in [9.17, 15) is 4.79 Å². The first-order valence-electron chi connectivity index (χ1n) is 6.69. The average Bonchev–Trinajstić information content (AvgIpc) is 2.91. The van der Waals surface area contributed by atoms with Gasteiger partial charge in [-0.2, -0.15) is 5.10 Å². The Morgan fingerprint density at radius 2 is 2.45 bits per heavy atom. The summed E-state index contributed by atoms with van der Waals surface area (Å²) < 4.78 is 0. The fourth-order valence-corrected chi connectivity index (χ4v) is 2.71. The standard InChI is InChI=1S/C12H20N6O2/c1-8-5-12(6-8,10(13)18-20)11(19)14-4-2-3-9-15-7-16-17-9/h7-8,20H,2-6H2,1H3,(H2,13,18)(H,14,19)(H,15,16,17). The van der Waals surface area contributed by atoms with Crippen molar-refractivity contribution in [2.24, 2.45) is 22.2 Å². The monoisotopic (exact) mass is 280 g/mol. The molecule has 0 spiro atoms. The predicted octanol–water partition coefficient (Wildman–Crippen LogP) is 0.0162. The van der Waals surface area contributed by atoms with E-state index in [1.165, 1.54) is 6.33 Å². The molecule has 110 valence electrons. The van der Waals surface area contributed by atoms with Gasteiger partial charge in [0.2, 0.25) is 5.91 Å². The third-order valence-corrected chi connectivity index (χ3v) is 3.77. The number of nitrogens with zero attached hydrogens (tertiary/aromatic N) is 3. The summed E-state index contributed by atoms with van der Waals surface area (Å²) in [5.74, 6) is 1.05. The van der Waals surface area contributed by atoms with Gasteiger partial charge in [0.15, 0.2) is 5.84 Å². The van der Waals surface area contributed by atoms with Crippen molar-refractivity contribution >= 4 is 11.7 Å². The van der Waals surface area contributed by atoms with E-state index in [0.717, 1.165) is 12.2 Å². The van der Waals surface area contributed by atoms with E-state index >= 15 is 0 Å². The SMILES string of the molecule is CC1CC(C(=O)NCCCc2ncn[nH]2)(C(N)=NO)C1. The van der Waals surface area contributed by atoms with E-state index in [1.54, 1.807) is 0 Å². The van der Waals surface area contributed by atoms with Crippen LogP contribution in [0.4, 0.5) is 0 Å². The minimum Gasteiger partial charge on any atom is -0.409 e. The van der Waals surface area contributed by atoms with Crippen LogP contribution in [0.1, 0.15) is 32.0 Å². The topological polar surface area (TPSA) is 129 Å². The molecule has 0 atom stereocenters. The van der Waals surface area contributed by atoms with Crippen molar-refractivity contribution in [1.29, 1.82) is 0 Å². The van der Waals surface area contributed by atoms with E-state index in [1.807, 2.05) is 6.92 Å². The molecular weight excluding hydrogens is 260 g/mol. The number of carbonyl (C=O) groups is 1. The number of rotatable bonds is 6. The zero-order chi connectivity index (χ0) is 14.6. The van der Waals surface area contributed by atoms with E-state index in [0.29, 0.717) is 31.7 Å². The third kappa shape index (κ3) is 2.73. The van der Waals surface area contributed by atoms with Gasteiger partial charge in [0.1, 0.15) is 17.6 Å². The lowest BCUT2D eigenvalue weighted by Crippen LogP contribution is -2.56. The number of amidine groups is 1. The maximum absolute atomic E-state index is 12.2. The van der Waals surface area contributed by atoms with Gasteiger partial charge >= 0.3 is 0 Å². The minimum absolute atomic E-state index is 0.00309. The Kier molecular flexibility index (Phi) is 4.21. The summed E-state index contributed by atoms with van der Waals surface area (Å²) in [5.41, 5.74) is 4.84. The molecule has 1 amide bonds. The fraction of sp³-hybridized carbons (Fsp3) is 0.667. The maximum atomic E-state index is 12.2. The van der Waals surface area contributed by atoms with Crippen molar-refractivity contribution in [3.05, 3.63) is 12.2 Å². The second kappa shape index (κ2) is 5.89. The van der Waals surface area contributed by atoms with Crippen molar-refractivity contribution in [1.82, 2.24) is 20.5 Å². The third-order valence-electron chi connectivity index (χ3n) is 3.77. The molecule has 0 bridgehead atoms. The van der Waals surface area contributed by atoms with Crippen LogP contribution in [0.2, 0.25) is 0 Å². The molecule has 8 nitrogen and oxygen atoms in total. The number of oxime groups is 1. The summed E-state index contributed by atoms with van der Waals surface area (Å²) in [7, 11) is 0. The van der Waals surface area contributed by atoms with Crippen LogP contribution in [0.25, 0.3) is 0 Å². The molecule has 2 rings (SSSR count). The van der Waals surface area contributed by atoms with Gasteiger partial charge < -0.3 is 16.3 Å². The average molecular weight is 280 g/mol. The molecule has 8 heteroatoms. The smallest absolute Gasteiger partial charge is 0.233 e. The van der Waals surface area contributed by atoms with Gasteiger partial charge in [0, 0.05) is 13.0 Å². The van der Waals surface area contributed by atoms with E-state index in [4.69, 9.17) is 10.9 Å². The van der Waals surface area contributed by atoms with Gasteiger partial charge in [-0.3, -0.25) is 9.89 Å². The number of aromatic nitrogens is 3. The van der Waals surface area contributed by atoms with Crippen molar-refractivity contribution in [3.8, 4) is 0 Å². The van der Waals surface area contributed by atoms with Crippen LogP contribution >= 0.6 is 0 Å². The highest BCUT2D eigenvalue weighted by molar-refractivity contribution is 6.07. The highest BCUT2D eigenvalue weighted by atomic mass is 16.4. The lowest BCUT2D eigenvalue weighted by molar-refractivity contribution is -0.133. The molecule has 1 aromatic rings. The first-order valence-corrected chi connectivity index (χ1v) is 6.69. The molecule has 0 radical (unpaired) electrons. The molecule has 1 saturated carbocycles. The molecule has 5 N–H and O–H groups in total. The number of nitrogens with one attached hydrogen (secondary N) is 2. The zero-order valence-electron chi connectivity index (χ0n) is 11.5. The molecule has 20 heavy (non-hydrogen) atoms. The minimum atomic E-state index is -0.833. The quantitative estimate of drug-likeness (QED) is 0.192. The van der Waals surface area contributed by atoms with Crippen LogP contribution < -0.4 is 11.1 Å². The summed E-state index contributed by atoms with van der Waals surface area (Å²) in [5, 5.41) is 21.2. The number of nitrogens with two attached hydrogens (primary N) is 1. The van der Waals surface area contributed by atoms with Gasteiger partial charge in [0.05, 0.1) is 0 Å². The van der Waals surface area contributed by atoms with Crippen molar-refractivity contribution in [2.45, 2.75) is 32.6 Å². The van der Waals surface area contributed by atoms with Crippen LogP contribution in [0, 0.1) is 11.3 Å². The number of hydrogen-bond donors (Lipinski definition) is 4. The Morgan fingerprint density at radius 1 is 1.70 bits per heavy atom. The van der Waals surface area contributed by atoms with E-state index in [2.05, 4.69) is 25.7 Å². The molecule has 0 unspecified atom stereocenters. The Morgan fingerprint density at radius 3 is 3.00 bits per heavy atom. The number of aryl methyl sites for hydroxylation is 1. The van der Waals surface area contributed by atoms with Gasteiger partial charge in [-0.15, -0.1) is 0 Å². The lowest BCUT2D eigenvalue weighted by Gasteiger charge is -2.43. The molecule has 1 heterocycles. The summed E-state index contributed by atoms with van der Waals surface area (Å²) in [6, 6.07) is 0. The van der Waals surface area contributed by atoms with Crippen LogP contribution in [-0.2, 0) is 11.2 Å². The highest BCUT2D eigenvalue weighted by Crippen LogP contribution is 2.45. The maximum Gasteiger partial charge on any atom is 0.233 e. The van der Waals surface area contributed by atoms with Crippen molar-refractivity contribution < 1.29 is 10.0 Å². The number of aromatic amines is 1. The fourth-order valence-electron chi connectivity index (χ4n) is 2.71. The molecule has 1 aliphatic carbocycles. The Labute approximate surface area is 116 Å². The molecule has 1 fully saturated rings. The zero-order valence-corrected chi connectivity index (χ0v) is 11.5. The largest absolute Gasteiger partial charge is 0.409 e. The van der Waals surface area contributed by atoms with Crippen LogP contribution in [-0.4, -0.2) is 38.7 Å². The first-order chi connectivity index (χ1) is 9.58. The second-order valence-corrected chi connectivity index (χ2v) is 5.37. The summed E-state index contributed by atoms with van der Waals surface area (Å²) in [4.78, 5) is 16.2. The predicted molar refractivity (Wildman–Crippen MR) is 72.0 cm³/mol. The second-order valence-electron chi connectivity index (χ2n) is 5.37. The number of H-pyrrole nitrogens is 1. The van der Waals surface area contributed by atoms with Crippen LogP contribution in [0.15, 0.2) is 11.5 Å². The molecule has 0 saturated heterocycles. The Hall–Kier alpha value is -2.12. The van der Waals surface area contributed by atoms with Gasteiger partial charge in [-0.05, 0) is 25.2 Å². The van der Waals surface area contributed by atoms with Crippen molar-refractivity contribution in [2.75, 3.05) is 6.54 Å². The Balaban J connectivity index is 1.81. The summed E-state index contributed by atoms with van der Waals surface area (Å²) in [6.45, 7) is 2.56. The molecule has 1 aliphatic rings. The van der Waals surface area contributed by atoms with Crippen LogP contribution in [0.5, 0.6) is 0 Å². The molecule has 0 aliphatic heterocycles. The molecule has 1 aromatic heterocycles. The summed E-state index contributed by atoms with van der Waals surface area (Å²) >= 11 is 0. The first kappa shape index (κ1) is 14.3. The Bertz CT molecular complexity index is 478. The lowest BCUT2D eigenvalue weighted by atomic mass is 9.61. The summed E-state index contributed by atoms with van der Waals surface area (Å²) in [6.07, 6.45) is 4.17. The number of amides is 1. The van der Waals surface area contributed by atoms with Gasteiger partial charge in [-0.1, -0.05) is 12.1 Å². The van der Waals surface area contributed by atoms with Crippen LogP contribution in [0.3, 0.4) is 0 Å². The normalized spacial score (nSPS) is 26.1. The number of hydrogen-bond acceptors (Lipinski definition) is 5. The highest BCUT2D eigenvalue weighted by Gasteiger charge is 2.51. The van der Waals surface area contributed by atoms with Gasteiger partial charge in [0.25, 0.3) is 0 Å². The van der Waals surface area contributed by atoms with E-state index < -0.39 is 5.41 Å². The van der Waals surface area contributed by atoms with E-state index in [-0.39, 0.29) is 11.7 Å².